The molecule has 5 nitrogen and oxygen atoms in total. The van der Waals surface area contributed by atoms with Gasteiger partial charge in [0.05, 0.1) is 9.79 Å². The molecule has 1 fully saturated rings. The highest BCUT2D eigenvalue weighted by atomic mass is 32.3. The highest BCUT2D eigenvalue weighted by molar-refractivity contribution is 7.89. The van der Waals surface area contributed by atoms with Gasteiger partial charge in [0, 0.05) is 13.1 Å². The van der Waals surface area contributed by atoms with Gasteiger partial charge in [-0.05, 0) is 49.9 Å². The van der Waals surface area contributed by atoms with E-state index in [1.807, 2.05) is 6.92 Å². The number of nitrogens with zero attached hydrogens (tertiary/aromatic N) is 1. The largest absolute Gasteiger partial charge is 0.332 e. The van der Waals surface area contributed by atoms with Crippen molar-refractivity contribution >= 4 is 20.2 Å². The van der Waals surface area contributed by atoms with Gasteiger partial charge in [-0.15, -0.1) is 3.89 Å². The second kappa shape index (κ2) is 5.09. The summed E-state index contributed by atoms with van der Waals surface area (Å²) < 4.78 is 60.2. The van der Waals surface area contributed by atoms with Gasteiger partial charge in [-0.1, -0.05) is 0 Å². The van der Waals surface area contributed by atoms with E-state index in [0.717, 1.165) is 37.1 Å². The van der Waals surface area contributed by atoms with E-state index >= 15 is 0 Å². The minimum Gasteiger partial charge on any atom is -0.207 e. The van der Waals surface area contributed by atoms with E-state index in [4.69, 9.17) is 0 Å². The van der Waals surface area contributed by atoms with Crippen LogP contribution in [0.15, 0.2) is 34.1 Å². The summed E-state index contributed by atoms with van der Waals surface area (Å²) in [6.45, 7) is 1.84. The smallest absolute Gasteiger partial charge is 0.207 e. The maximum absolute atomic E-state index is 12.8. The van der Waals surface area contributed by atoms with Crippen LogP contribution in [0.1, 0.15) is 19.8 Å². The lowest BCUT2D eigenvalue weighted by molar-refractivity contribution is 0.357. The Morgan fingerprint density at radius 2 is 1.55 bits per heavy atom. The molecular weight excluding hydrogens is 305 g/mol. The standard InChI is InChI=1S/C12H16FNO4S2/c1-9(10-3-4-10)14(2)20(17,18)12-7-5-11(6-8-12)19(13,15)16/h5-10H,3-4H2,1-2H3. The van der Waals surface area contributed by atoms with E-state index in [0.29, 0.717) is 5.92 Å². The molecule has 0 spiro atoms. The van der Waals surface area contributed by atoms with E-state index in [-0.39, 0.29) is 10.9 Å². The summed E-state index contributed by atoms with van der Waals surface area (Å²) in [4.78, 5) is -0.589. The Morgan fingerprint density at radius 1 is 1.10 bits per heavy atom. The van der Waals surface area contributed by atoms with E-state index in [1.165, 1.54) is 11.4 Å². The van der Waals surface area contributed by atoms with E-state index in [1.54, 1.807) is 0 Å². The van der Waals surface area contributed by atoms with Crippen LogP contribution in [0.3, 0.4) is 0 Å². The first-order valence-electron chi connectivity index (χ1n) is 6.17. The number of benzene rings is 1. The second-order valence-electron chi connectivity index (χ2n) is 5.01. The maximum atomic E-state index is 12.8. The predicted octanol–water partition coefficient (Wildman–Crippen LogP) is 1.76. The van der Waals surface area contributed by atoms with Crippen molar-refractivity contribution < 1.29 is 20.7 Å². The van der Waals surface area contributed by atoms with Crippen LogP contribution in [-0.2, 0) is 20.2 Å². The molecule has 0 amide bonds. The summed E-state index contributed by atoms with van der Waals surface area (Å²) in [6, 6.07) is 4.02. The lowest BCUT2D eigenvalue weighted by Gasteiger charge is -2.24. The molecule has 0 aromatic heterocycles. The lowest BCUT2D eigenvalue weighted by atomic mass is 10.2. The Labute approximate surface area is 118 Å². The van der Waals surface area contributed by atoms with Crippen molar-refractivity contribution in [1.29, 1.82) is 0 Å². The molecule has 1 saturated carbocycles. The summed E-state index contributed by atoms with van der Waals surface area (Å²) in [5.41, 5.74) is 0. The average Bonchev–Trinajstić information content (AvgIpc) is 3.20. The van der Waals surface area contributed by atoms with Crippen molar-refractivity contribution in [2.45, 2.75) is 35.6 Å². The molecule has 1 aromatic rings. The first-order chi connectivity index (χ1) is 9.14. The van der Waals surface area contributed by atoms with Gasteiger partial charge in [-0.25, -0.2) is 8.42 Å². The Hall–Kier alpha value is -0.990. The fourth-order valence-electron chi connectivity index (χ4n) is 2.03. The van der Waals surface area contributed by atoms with E-state index < -0.39 is 25.1 Å². The average molecular weight is 321 g/mol. The van der Waals surface area contributed by atoms with Crippen molar-refractivity contribution in [3.63, 3.8) is 0 Å². The third kappa shape index (κ3) is 3.02. The third-order valence-corrected chi connectivity index (χ3v) is 6.45. The van der Waals surface area contributed by atoms with Gasteiger partial charge >= 0.3 is 10.2 Å². The van der Waals surface area contributed by atoms with Crippen LogP contribution in [0.2, 0.25) is 0 Å². The summed E-state index contributed by atoms with van der Waals surface area (Å²) in [5, 5.41) is 0. The lowest BCUT2D eigenvalue weighted by Crippen LogP contribution is -2.36. The molecule has 1 atom stereocenters. The molecule has 0 radical (unpaired) electrons. The SMILES string of the molecule is CC(C1CC1)N(C)S(=O)(=O)c1ccc(S(=O)(=O)F)cc1. The molecule has 1 aromatic carbocycles. The van der Waals surface area contributed by atoms with Crippen molar-refractivity contribution in [3.05, 3.63) is 24.3 Å². The molecule has 0 bridgehead atoms. The van der Waals surface area contributed by atoms with Gasteiger partial charge in [0.1, 0.15) is 0 Å². The molecule has 0 N–H and O–H groups in total. The highest BCUT2D eigenvalue weighted by Crippen LogP contribution is 2.36. The van der Waals surface area contributed by atoms with Gasteiger partial charge in [-0.2, -0.15) is 12.7 Å². The topological polar surface area (TPSA) is 71.5 Å². The third-order valence-electron chi connectivity index (χ3n) is 3.66. The van der Waals surface area contributed by atoms with Crippen molar-refractivity contribution in [2.75, 3.05) is 7.05 Å². The molecule has 0 saturated heterocycles. The number of halogens is 1. The zero-order valence-corrected chi connectivity index (χ0v) is 12.8. The molecule has 1 unspecified atom stereocenters. The van der Waals surface area contributed by atoms with Crippen molar-refractivity contribution in [3.8, 4) is 0 Å². The number of hydrogen-bond donors (Lipinski definition) is 0. The van der Waals surface area contributed by atoms with Gasteiger partial charge in [0.15, 0.2) is 0 Å². The molecule has 0 heterocycles. The normalized spacial score (nSPS) is 18.2. The number of sulfonamides is 1. The van der Waals surface area contributed by atoms with E-state index in [2.05, 4.69) is 0 Å². The number of hydrogen-bond acceptors (Lipinski definition) is 4. The van der Waals surface area contributed by atoms with E-state index in [9.17, 15) is 20.7 Å². The number of rotatable bonds is 5. The molecule has 1 aliphatic rings. The quantitative estimate of drug-likeness (QED) is 0.775. The molecule has 0 aliphatic heterocycles. The second-order valence-corrected chi connectivity index (χ2v) is 8.35. The van der Waals surface area contributed by atoms with Gasteiger partial charge < -0.3 is 0 Å². The Morgan fingerprint density at radius 3 is 1.95 bits per heavy atom. The summed E-state index contributed by atoms with van der Waals surface area (Å²) in [5.74, 6) is 0.375. The van der Waals surface area contributed by atoms with Crippen LogP contribution in [0.25, 0.3) is 0 Å². The van der Waals surface area contributed by atoms with Crippen LogP contribution in [0.4, 0.5) is 3.89 Å². The van der Waals surface area contributed by atoms with Crippen molar-refractivity contribution in [1.82, 2.24) is 4.31 Å². The van der Waals surface area contributed by atoms with Gasteiger partial charge in [0.25, 0.3) is 0 Å². The van der Waals surface area contributed by atoms with Crippen LogP contribution in [0, 0.1) is 5.92 Å². The Kier molecular flexibility index (Phi) is 3.92. The summed E-state index contributed by atoms with van der Waals surface area (Å²) >= 11 is 0. The van der Waals surface area contributed by atoms with Crippen LogP contribution < -0.4 is 0 Å². The first kappa shape index (κ1) is 15.4. The van der Waals surface area contributed by atoms with Gasteiger partial charge in [-0.3, -0.25) is 0 Å². The molecule has 112 valence electrons. The fraction of sp³-hybridized carbons (Fsp3) is 0.500. The van der Waals surface area contributed by atoms with Crippen LogP contribution in [-0.4, -0.2) is 34.2 Å². The Bertz CT molecular complexity index is 693. The predicted molar refractivity (Wildman–Crippen MR) is 71.9 cm³/mol. The Balaban J connectivity index is 2.30. The minimum absolute atomic E-state index is 0.0418. The fourth-order valence-corrected chi connectivity index (χ4v) is 3.92. The molecule has 1 aliphatic carbocycles. The summed E-state index contributed by atoms with van der Waals surface area (Å²) in [6.07, 6.45) is 2.03. The maximum Gasteiger partial charge on any atom is 0.332 e. The molecular formula is C12H16FNO4S2. The first-order valence-corrected chi connectivity index (χ1v) is 8.99. The zero-order chi connectivity index (χ0) is 15.1. The van der Waals surface area contributed by atoms with Crippen LogP contribution >= 0.6 is 0 Å². The highest BCUT2D eigenvalue weighted by Gasteiger charge is 2.36. The minimum atomic E-state index is -4.81. The molecule has 8 heteroatoms. The molecule has 20 heavy (non-hydrogen) atoms. The monoisotopic (exact) mass is 321 g/mol. The summed E-state index contributed by atoms with van der Waals surface area (Å²) in [7, 11) is -7.00. The van der Waals surface area contributed by atoms with Crippen LogP contribution in [0.5, 0.6) is 0 Å². The van der Waals surface area contributed by atoms with Gasteiger partial charge in [0.2, 0.25) is 10.0 Å². The zero-order valence-electron chi connectivity index (χ0n) is 11.2. The molecule has 2 rings (SSSR count). The van der Waals surface area contributed by atoms with Crippen molar-refractivity contribution in [2.24, 2.45) is 5.92 Å².